The highest BCUT2D eigenvalue weighted by molar-refractivity contribution is 5.94. The van der Waals surface area contributed by atoms with Crippen molar-refractivity contribution in [3.8, 4) is 0 Å². The van der Waals surface area contributed by atoms with Gasteiger partial charge in [0.1, 0.15) is 5.82 Å². The number of hydrogen-bond acceptors (Lipinski definition) is 5. The number of nitrogens with one attached hydrogen (secondary N) is 2. The smallest absolute Gasteiger partial charge is 0.252 e. The molecule has 1 amide bonds. The molecule has 146 valence electrons. The third-order valence-electron chi connectivity index (χ3n) is 5.51. The maximum atomic E-state index is 12.3. The number of aromatic nitrogens is 3. The van der Waals surface area contributed by atoms with E-state index < -0.39 is 0 Å². The Morgan fingerprint density at radius 2 is 2.11 bits per heavy atom. The Hall–Kier alpha value is -2.41. The third-order valence-corrected chi connectivity index (χ3v) is 5.51. The largest absolute Gasteiger partial charge is 0.366 e. The molecule has 7 heteroatoms. The van der Waals surface area contributed by atoms with Crippen molar-refractivity contribution in [1.82, 2.24) is 25.0 Å². The van der Waals surface area contributed by atoms with E-state index in [9.17, 15) is 4.79 Å². The van der Waals surface area contributed by atoms with Crippen LogP contribution < -0.4 is 10.6 Å². The van der Waals surface area contributed by atoms with Crippen molar-refractivity contribution in [3.63, 3.8) is 0 Å². The maximum absolute atomic E-state index is 12.3. The number of pyridine rings is 1. The van der Waals surface area contributed by atoms with Crippen molar-refractivity contribution in [2.24, 2.45) is 7.05 Å². The fourth-order valence-electron chi connectivity index (χ4n) is 3.50. The Balaban J connectivity index is 1.45. The van der Waals surface area contributed by atoms with E-state index in [4.69, 9.17) is 0 Å². The summed E-state index contributed by atoms with van der Waals surface area (Å²) in [5.41, 5.74) is 2.85. The molecule has 0 aromatic carbocycles. The summed E-state index contributed by atoms with van der Waals surface area (Å²) in [6.45, 7) is 4.56. The van der Waals surface area contributed by atoms with Crippen molar-refractivity contribution in [1.29, 1.82) is 0 Å². The van der Waals surface area contributed by atoms with Crippen LogP contribution in [0.5, 0.6) is 0 Å². The van der Waals surface area contributed by atoms with Gasteiger partial charge in [-0.15, -0.1) is 0 Å². The lowest BCUT2D eigenvalue weighted by Gasteiger charge is -2.32. The molecule has 1 aliphatic rings. The molecule has 0 saturated carbocycles. The van der Waals surface area contributed by atoms with Crippen LogP contribution in [0.3, 0.4) is 0 Å². The predicted molar refractivity (Wildman–Crippen MR) is 107 cm³/mol. The first-order valence-electron chi connectivity index (χ1n) is 9.70. The fraction of sp³-hybridized carbons (Fsp3) is 0.550. The number of carbonyl (C=O) groups is 1. The Morgan fingerprint density at radius 3 is 2.78 bits per heavy atom. The van der Waals surface area contributed by atoms with Crippen LogP contribution in [-0.4, -0.2) is 51.8 Å². The number of rotatable bonds is 7. The highest BCUT2D eigenvalue weighted by atomic mass is 16.1. The summed E-state index contributed by atoms with van der Waals surface area (Å²) in [5, 5.41) is 10.5. The molecule has 27 heavy (non-hydrogen) atoms. The summed E-state index contributed by atoms with van der Waals surface area (Å²) in [6, 6.07) is 4.24. The topological polar surface area (TPSA) is 75.1 Å². The number of anilines is 1. The molecular formula is C20H30N6O. The van der Waals surface area contributed by atoms with E-state index >= 15 is 0 Å². The molecule has 0 aliphatic carbocycles. The zero-order valence-corrected chi connectivity index (χ0v) is 16.5. The van der Waals surface area contributed by atoms with Crippen molar-refractivity contribution >= 4 is 11.7 Å². The molecule has 1 fully saturated rings. The second kappa shape index (κ2) is 8.99. The third kappa shape index (κ3) is 5.07. The maximum Gasteiger partial charge on any atom is 0.252 e. The SMILES string of the molecule is Cc1c(CNc2ccc(C(=O)NCC[C@@H]3CCCCN3C)cn2)cnn1C. The van der Waals surface area contributed by atoms with Gasteiger partial charge in [0.25, 0.3) is 5.91 Å². The summed E-state index contributed by atoms with van der Waals surface area (Å²) in [6.07, 6.45) is 8.28. The first-order chi connectivity index (χ1) is 13.0. The molecule has 0 radical (unpaired) electrons. The molecule has 3 heterocycles. The van der Waals surface area contributed by atoms with E-state index in [1.165, 1.54) is 19.3 Å². The van der Waals surface area contributed by atoms with E-state index in [1.807, 2.05) is 37.0 Å². The van der Waals surface area contributed by atoms with Gasteiger partial charge in [0.15, 0.2) is 0 Å². The minimum Gasteiger partial charge on any atom is -0.366 e. The van der Waals surface area contributed by atoms with Gasteiger partial charge in [-0.1, -0.05) is 6.42 Å². The lowest BCUT2D eigenvalue weighted by molar-refractivity contribution is 0.0945. The standard InChI is InChI=1S/C20H30N6O/c1-15-17(14-24-26(15)3)13-23-19-8-7-16(12-22-19)20(27)21-10-9-18-6-4-5-11-25(18)2/h7-8,12,14,18H,4-6,9-11,13H2,1-3H3,(H,21,27)(H,22,23)/t18-/m0/s1. The van der Waals surface area contributed by atoms with Gasteiger partial charge in [0.2, 0.25) is 0 Å². The van der Waals surface area contributed by atoms with Crippen molar-refractivity contribution < 1.29 is 4.79 Å². The number of likely N-dealkylation sites (tertiary alicyclic amines) is 1. The zero-order valence-electron chi connectivity index (χ0n) is 16.5. The van der Waals surface area contributed by atoms with Crippen LogP contribution in [0.4, 0.5) is 5.82 Å². The first kappa shape index (κ1) is 19.4. The van der Waals surface area contributed by atoms with Gasteiger partial charge in [-0.05, 0) is 51.9 Å². The average molecular weight is 371 g/mol. The summed E-state index contributed by atoms with van der Waals surface area (Å²) in [7, 11) is 4.10. The molecule has 0 spiro atoms. The molecule has 0 bridgehead atoms. The van der Waals surface area contributed by atoms with Gasteiger partial charge in [-0.25, -0.2) is 4.98 Å². The van der Waals surface area contributed by atoms with Crippen molar-refractivity contribution in [2.75, 3.05) is 25.5 Å². The molecular weight excluding hydrogens is 340 g/mol. The number of aryl methyl sites for hydroxylation is 1. The Labute approximate surface area is 161 Å². The lowest BCUT2D eigenvalue weighted by Crippen LogP contribution is -2.39. The number of nitrogens with zero attached hydrogens (tertiary/aromatic N) is 4. The number of amides is 1. The first-order valence-corrected chi connectivity index (χ1v) is 9.70. The molecule has 2 N–H and O–H groups in total. The van der Waals surface area contributed by atoms with E-state index in [1.54, 1.807) is 6.20 Å². The summed E-state index contributed by atoms with van der Waals surface area (Å²) >= 11 is 0. The normalized spacial score (nSPS) is 17.7. The van der Waals surface area contributed by atoms with Crippen molar-refractivity contribution in [3.05, 3.63) is 41.3 Å². The van der Waals surface area contributed by atoms with E-state index in [-0.39, 0.29) is 5.91 Å². The number of piperidine rings is 1. The Morgan fingerprint density at radius 1 is 1.26 bits per heavy atom. The van der Waals surface area contributed by atoms with Crippen molar-refractivity contribution in [2.45, 2.75) is 45.2 Å². The van der Waals surface area contributed by atoms with Crippen LogP contribution >= 0.6 is 0 Å². The highest BCUT2D eigenvalue weighted by Gasteiger charge is 2.18. The van der Waals surface area contributed by atoms with Crippen LogP contribution in [0.15, 0.2) is 24.5 Å². The van der Waals surface area contributed by atoms with Gasteiger partial charge in [-0.3, -0.25) is 9.48 Å². The molecule has 3 rings (SSSR count). The second-order valence-electron chi connectivity index (χ2n) is 7.34. The molecule has 1 aliphatic heterocycles. The van der Waals surface area contributed by atoms with Gasteiger partial charge < -0.3 is 15.5 Å². The van der Waals surface area contributed by atoms with Gasteiger partial charge in [0.05, 0.1) is 11.8 Å². The Bertz CT molecular complexity index is 754. The molecule has 1 saturated heterocycles. The lowest BCUT2D eigenvalue weighted by atomic mass is 10.0. The average Bonchev–Trinajstić information content (AvgIpc) is 3.00. The minimum absolute atomic E-state index is 0.0596. The summed E-state index contributed by atoms with van der Waals surface area (Å²) < 4.78 is 1.85. The Kier molecular flexibility index (Phi) is 6.45. The van der Waals surface area contributed by atoms with E-state index in [0.717, 1.165) is 30.0 Å². The second-order valence-corrected chi connectivity index (χ2v) is 7.34. The summed E-state index contributed by atoms with van der Waals surface area (Å²) in [4.78, 5) is 19.1. The van der Waals surface area contributed by atoms with Crippen LogP contribution in [-0.2, 0) is 13.6 Å². The highest BCUT2D eigenvalue weighted by Crippen LogP contribution is 2.17. The molecule has 2 aromatic heterocycles. The van der Waals surface area contributed by atoms with E-state index in [0.29, 0.717) is 24.7 Å². The number of hydrogen-bond donors (Lipinski definition) is 2. The summed E-state index contributed by atoms with van der Waals surface area (Å²) in [5.74, 6) is 0.689. The monoisotopic (exact) mass is 370 g/mol. The van der Waals surface area contributed by atoms with Crippen LogP contribution in [0.25, 0.3) is 0 Å². The van der Waals surface area contributed by atoms with Crippen LogP contribution in [0.1, 0.15) is 47.3 Å². The molecule has 2 aromatic rings. The van der Waals surface area contributed by atoms with Gasteiger partial charge in [0, 0.05) is 43.6 Å². The fourth-order valence-corrected chi connectivity index (χ4v) is 3.50. The molecule has 1 atom stereocenters. The van der Waals surface area contributed by atoms with Crippen LogP contribution in [0.2, 0.25) is 0 Å². The van der Waals surface area contributed by atoms with Gasteiger partial charge in [-0.2, -0.15) is 5.10 Å². The number of carbonyl (C=O) groups excluding carboxylic acids is 1. The van der Waals surface area contributed by atoms with E-state index in [2.05, 4.69) is 32.7 Å². The minimum atomic E-state index is -0.0596. The van der Waals surface area contributed by atoms with Gasteiger partial charge >= 0.3 is 0 Å². The van der Waals surface area contributed by atoms with Crippen LogP contribution in [0, 0.1) is 6.92 Å². The molecule has 7 nitrogen and oxygen atoms in total. The molecule has 0 unspecified atom stereocenters. The predicted octanol–water partition coefficient (Wildman–Crippen LogP) is 2.34. The quantitative estimate of drug-likeness (QED) is 0.782. The zero-order chi connectivity index (χ0) is 19.2.